The normalized spacial score (nSPS) is 20.2. The second-order valence-electron chi connectivity index (χ2n) is 6.88. The fourth-order valence-electron chi connectivity index (χ4n) is 3.91. The molecular weight excluding hydrogens is 302 g/mol. The predicted octanol–water partition coefficient (Wildman–Crippen LogP) is 1.94. The molecule has 1 fully saturated rings. The molecule has 6 nitrogen and oxygen atoms in total. The van der Waals surface area contributed by atoms with Gasteiger partial charge in [0.1, 0.15) is 11.4 Å². The number of piperidine rings is 1. The molecule has 24 heavy (non-hydrogen) atoms. The number of imidazole rings is 1. The molecule has 0 N–H and O–H groups in total. The van der Waals surface area contributed by atoms with Crippen molar-refractivity contribution in [3.8, 4) is 0 Å². The first-order valence-corrected chi connectivity index (χ1v) is 8.90. The van der Waals surface area contributed by atoms with Crippen LogP contribution in [0.3, 0.4) is 0 Å². The topological polar surface area (TPSA) is 56.1 Å². The summed E-state index contributed by atoms with van der Waals surface area (Å²) >= 11 is 0. The number of likely N-dealkylation sites (tertiary alicyclic amines) is 1. The van der Waals surface area contributed by atoms with Crippen molar-refractivity contribution in [1.29, 1.82) is 0 Å². The molecule has 2 aromatic heterocycles. The highest BCUT2D eigenvalue weighted by Crippen LogP contribution is 2.40. The van der Waals surface area contributed by atoms with Crippen LogP contribution in [0.2, 0.25) is 0 Å². The summed E-state index contributed by atoms with van der Waals surface area (Å²) in [6.07, 6.45) is 11.9. The number of nitrogens with zero attached hydrogens (tertiary/aromatic N) is 5. The summed E-state index contributed by atoms with van der Waals surface area (Å²) in [5.41, 5.74) is 2.25. The number of hydrogen-bond acceptors (Lipinski definition) is 5. The zero-order chi connectivity index (χ0) is 16.4. The molecule has 2 aliphatic rings. The summed E-state index contributed by atoms with van der Waals surface area (Å²) in [5, 5.41) is 0. The van der Waals surface area contributed by atoms with Crippen molar-refractivity contribution in [3.05, 3.63) is 42.0 Å². The highest BCUT2D eigenvalue weighted by Gasteiger charge is 2.42. The first-order valence-electron chi connectivity index (χ1n) is 8.90. The van der Waals surface area contributed by atoms with Crippen LogP contribution in [-0.4, -0.2) is 50.7 Å². The van der Waals surface area contributed by atoms with Gasteiger partial charge in [-0.2, -0.15) is 0 Å². The predicted molar refractivity (Wildman–Crippen MR) is 90.6 cm³/mol. The molecular formula is C18H25N5O. The van der Waals surface area contributed by atoms with Gasteiger partial charge in [-0.1, -0.05) is 0 Å². The average Bonchev–Trinajstić information content (AvgIpc) is 3.11. The Labute approximate surface area is 142 Å². The van der Waals surface area contributed by atoms with Crippen LogP contribution >= 0.6 is 0 Å². The lowest BCUT2D eigenvalue weighted by Gasteiger charge is -2.44. The van der Waals surface area contributed by atoms with Gasteiger partial charge < -0.3 is 14.2 Å². The lowest BCUT2D eigenvalue weighted by molar-refractivity contribution is -0.101. The number of aromatic nitrogens is 4. The Morgan fingerprint density at radius 1 is 1.25 bits per heavy atom. The van der Waals surface area contributed by atoms with E-state index in [0.29, 0.717) is 0 Å². The molecule has 0 bridgehead atoms. The summed E-state index contributed by atoms with van der Waals surface area (Å²) in [6.45, 7) is 7.07. The van der Waals surface area contributed by atoms with Gasteiger partial charge in [0.05, 0.1) is 18.6 Å². The van der Waals surface area contributed by atoms with Crippen LogP contribution in [0.1, 0.15) is 36.3 Å². The van der Waals surface area contributed by atoms with E-state index in [4.69, 9.17) is 9.72 Å². The molecule has 0 aromatic carbocycles. The molecule has 1 saturated heterocycles. The third-order valence-electron chi connectivity index (χ3n) is 5.28. The molecule has 6 heteroatoms. The van der Waals surface area contributed by atoms with Gasteiger partial charge in [0, 0.05) is 38.2 Å². The van der Waals surface area contributed by atoms with Crippen molar-refractivity contribution in [1.82, 2.24) is 24.4 Å². The number of aryl methyl sites for hydroxylation is 2. The third kappa shape index (κ3) is 3.08. The van der Waals surface area contributed by atoms with E-state index in [9.17, 15) is 0 Å². The maximum Gasteiger partial charge on any atom is 0.125 e. The van der Waals surface area contributed by atoms with E-state index in [0.717, 1.165) is 70.0 Å². The Morgan fingerprint density at radius 3 is 2.92 bits per heavy atom. The van der Waals surface area contributed by atoms with Crippen LogP contribution in [0.15, 0.2) is 24.9 Å². The molecule has 1 spiro atoms. The van der Waals surface area contributed by atoms with Crippen molar-refractivity contribution in [2.45, 2.75) is 44.8 Å². The summed E-state index contributed by atoms with van der Waals surface area (Å²) in [5.74, 6) is 0.849. The van der Waals surface area contributed by atoms with Gasteiger partial charge in [-0.3, -0.25) is 0 Å². The van der Waals surface area contributed by atoms with Crippen LogP contribution in [0, 0.1) is 6.92 Å². The minimum absolute atomic E-state index is 0.178. The Hall–Kier alpha value is -1.79. The summed E-state index contributed by atoms with van der Waals surface area (Å²) in [6, 6.07) is 0. The summed E-state index contributed by atoms with van der Waals surface area (Å²) in [4.78, 5) is 15.8. The Kier molecular flexibility index (Phi) is 4.33. The lowest BCUT2D eigenvalue weighted by Crippen LogP contribution is -2.47. The standard InChI is InChI=1S/C18H25N5O/c1-15-20-13-16-3-12-24-18(17(16)21-15)4-9-22(10-5-18)7-2-8-23-11-6-19-14-23/h6,11,13-14H,2-5,7-10,12H2,1H3. The SMILES string of the molecule is Cc1ncc2c(n1)C1(CCN(CCCn3ccnc3)CC1)OCC2. The Morgan fingerprint density at radius 2 is 2.12 bits per heavy atom. The molecule has 0 amide bonds. The molecule has 128 valence electrons. The maximum absolute atomic E-state index is 6.27. The van der Waals surface area contributed by atoms with Gasteiger partial charge in [0.2, 0.25) is 0 Å². The van der Waals surface area contributed by atoms with Crippen LogP contribution in [0.25, 0.3) is 0 Å². The highest BCUT2D eigenvalue weighted by atomic mass is 16.5. The lowest BCUT2D eigenvalue weighted by atomic mass is 9.83. The van der Waals surface area contributed by atoms with Crippen molar-refractivity contribution >= 4 is 0 Å². The van der Waals surface area contributed by atoms with Crippen LogP contribution in [0.4, 0.5) is 0 Å². The van der Waals surface area contributed by atoms with Crippen LogP contribution in [-0.2, 0) is 23.3 Å². The van der Waals surface area contributed by atoms with Crippen molar-refractivity contribution in [2.24, 2.45) is 0 Å². The van der Waals surface area contributed by atoms with E-state index >= 15 is 0 Å². The fraction of sp³-hybridized carbons (Fsp3) is 0.611. The minimum Gasteiger partial charge on any atom is -0.368 e. The van der Waals surface area contributed by atoms with Crippen LogP contribution < -0.4 is 0 Å². The molecule has 2 aromatic rings. The largest absolute Gasteiger partial charge is 0.368 e. The zero-order valence-electron chi connectivity index (χ0n) is 14.3. The molecule has 4 heterocycles. The highest BCUT2D eigenvalue weighted by molar-refractivity contribution is 5.27. The van der Waals surface area contributed by atoms with E-state index in [-0.39, 0.29) is 5.60 Å². The summed E-state index contributed by atoms with van der Waals surface area (Å²) < 4.78 is 8.41. The first kappa shape index (κ1) is 15.7. The Bertz CT molecular complexity index is 677. The second kappa shape index (κ2) is 6.61. The number of hydrogen-bond donors (Lipinski definition) is 0. The summed E-state index contributed by atoms with van der Waals surface area (Å²) in [7, 11) is 0. The van der Waals surface area contributed by atoms with Gasteiger partial charge in [-0.15, -0.1) is 0 Å². The average molecular weight is 327 g/mol. The Balaban J connectivity index is 1.37. The van der Waals surface area contributed by atoms with E-state index in [1.165, 1.54) is 5.56 Å². The molecule has 4 rings (SSSR count). The van der Waals surface area contributed by atoms with Crippen molar-refractivity contribution in [2.75, 3.05) is 26.2 Å². The fourth-order valence-corrected chi connectivity index (χ4v) is 3.91. The quantitative estimate of drug-likeness (QED) is 0.859. The van der Waals surface area contributed by atoms with Gasteiger partial charge in [0.25, 0.3) is 0 Å². The van der Waals surface area contributed by atoms with Gasteiger partial charge in [-0.05, 0) is 44.7 Å². The van der Waals surface area contributed by atoms with E-state index in [1.54, 1.807) is 0 Å². The number of rotatable bonds is 4. The van der Waals surface area contributed by atoms with Crippen molar-refractivity contribution in [3.63, 3.8) is 0 Å². The molecule has 0 unspecified atom stereocenters. The minimum atomic E-state index is -0.178. The van der Waals surface area contributed by atoms with E-state index in [1.807, 2.05) is 31.8 Å². The third-order valence-corrected chi connectivity index (χ3v) is 5.28. The van der Waals surface area contributed by atoms with Gasteiger partial charge in [-0.25, -0.2) is 15.0 Å². The van der Waals surface area contributed by atoms with Gasteiger partial charge >= 0.3 is 0 Å². The second-order valence-corrected chi connectivity index (χ2v) is 6.88. The number of ether oxygens (including phenoxy) is 1. The van der Waals surface area contributed by atoms with Gasteiger partial charge in [0.15, 0.2) is 0 Å². The molecule has 0 radical (unpaired) electrons. The molecule has 0 saturated carbocycles. The maximum atomic E-state index is 6.27. The van der Waals surface area contributed by atoms with E-state index in [2.05, 4.69) is 19.4 Å². The monoisotopic (exact) mass is 327 g/mol. The molecule has 0 atom stereocenters. The first-order chi connectivity index (χ1) is 11.8. The molecule has 0 aliphatic carbocycles. The smallest absolute Gasteiger partial charge is 0.125 e. The number of fused-ring (bicyclic) bond motifs is 2. The van der Waals surface area contributed by atoms with Crippen LogP contribution in [0.5, 0.6) is 0 Å². The zero-order valence-corrected chi connectivity index (χ0v) is 14.3. The van der Waals surface area contributed by atoms with E-state index < -0.39 is 0 Å². The van der Waals surface area contributed by atoms with Crippen molar-refractivity contribution < 1.29 is 4.74 Å². The molecule has 2 aliphatic heterocycles.